The average Bonchev–Trinajstić information content (AvgIpc) is 3.13. The highest BCUT2D eigenvalue weighted by Crippen LogP contribution is 2.33. The molecule has 1 aromatic carbocycles. The third-order valence-electron chi connectivity index (χ3n) is 4.47. The number of anilines is 1. The molecule has 132 valence electrons. The van der Waals surface area contributed by atoms with Gasteiger partial charge in [0.15, 0.2) is 0 Å². The van der Waals surface area contributed by atoms with Gasteiger partial charge in [-0.15, -0.1) is 0 Å². The Labute approximate surface area is 161 Å². The summed E-state index contributed by atoms with van der Waals surface area (Å²) in [4.78, 5) is 19.0. The highest BCUT2D eigenvalue weighted by Gasteiger charge is 2.32. The third kappa shape index (κ3) is 3.16. The van der Waals surface area contributed by atoms with Gasteiger partial charge in [-0.1, -0.05) is 29.3 Å². The molecule has 26 heavy (non-hydrogen) atoms. The van der Waals surface area contributed by atoms with E-state index in [2.05, 4.69) is 14.9 Å². The zero-order valence-electron chi connectivity index (χ0n) is 13.8. The fourth-order valence-electron chi connectivity index (χ4n) is 3.26. The number of nitrogens with one attached hydrogen (secondary N) is 1. The molecule has 1 atom stereocenters. The number of carbonyl (C=O) groups excluding carboxylic acids is 1. The second-order valence-electron chi connectivity index (χ2n) is 6.07. The van der Waals surface area contributed by atoms with Crippen LogP contribution in [0.3, 0.4) is 0 Å². The van der Waals surface area contributed by atoms with Crippen LogP contribution >= 0.6 is 23.2 Å². The maximum Gasteiger partial charge on any atom is 0.322 e. The molecule has 3 heterocycles. The SMILES string of the molecule is O=C(Nc1ccc(Cl)c(Cl)c1)N1CCn2cccc2C1c1cccnc1. The minimum absolute atomic E-state index is 0.190. The van der Waals surface area contributed by atoms with Crippen LogP contribution in [0.1, 0.15) is 17.3 Å². The summed E-state index contributed by atoms with van der Waals surface area (Å²) in [6.07, 6.45) is 5.56. The molecule has 0 saturated carbocycles. The number of fused-ring (bicyclic) bond motifs is 1. The Hall–Kier alpha value is -2.50. The number of halogens is 2. The fraction of sp³-hybridized carbons (Fsp3) is 0.158. The number of rotatable bonds is 2. The normalized spacial score (nSPS) is 16.2. The summed E-state index contributed by atoms with van der Waals surface area (Å²) in [5, 5.41) is 3.77. The molecule has 3 aromatic rings. The van der Waals surface area contributed by atoms with Crippen LogP contribution in [0.2, 0.25) is 10.0 Å². The summed E-state index contributed by atoms with van der Waals surface area (Å²) in [6, 6.07) is 12.6. The van der Waals surface area contributed by atoms with E-state index in [0.29, 0.717) is 22.3 Å². The van der Waals surface area contributed by atoms with Crippen LogP contribution in [0, 0.1) is 0 Å². The lowest BCUT2D eigenvalue weighted by Crippen LogP contribution is -2.44. The van der Waals surface area contributed by atoms with Crippen LogP contribution in [-0.2, 0) is 6.54 Å². The van der Waals surface area contributed by atoms with Crippen LogP contribution in [0.25, 0.3) is 0 Å². The van der Waals surface area contributed by atoms with Gasteiger partial charge < -0.3 is 14.8 Å². The fourth-order valence-corrected chi connectivity index (χ4v) is 3.56. The van der Waals surface area contributed by atoms with E-state index in [9.17, 15) is 4.79 Å². The van der Waals surface area contributed by atoms with Gasteiger partial charge in [0.05, 0.1) is 10.0 Å². The number of aromatic nitrogens is 2. The molecular weight excluding hydrogens is 371 g/mol. The van der Waals surface area contributed by atoms with Gasteiger partial charge in [0.2, 0.25) is 0 Å². The molecular formula is C19H16Cl2N4O. The molecule has 0 fully saturated rings. The van der Waals surface area contributed by atoms with E-state index in [1.807, 2.05) is 35.4 Å². The summed E-state index contributed by atoms with van der Waals surface area (Å²) in [7, 11) is 0. The minimum atomic E-state index is -0.199. The molecule has 7 heteroatoms. The number of amides is 2. The van der Waals surface area contributed by atoms with Crippen LogP contribution < -0.4 is 5.32 Å². The number of benzene rings is 1. The lowest BCUT2D eigenvalue weighted by Gasteiger charge is -2.37. The summed E-state index contributed by atoms with van der Waals surface area (Å²) in [6.45, 7) is 1.34. The van der Waals surface area contributed by atoms with E-state index in [0.717, 1.165) is 17.8 Å². The first-order valence-electron chi connectivity index (χ1n) is 8.21. The smallest absolute Gasteiger partial charge is 0.322 e. The summed E-state index contributed by atoms with van der Waals surface area (Å²) in [5.74, 6) is 0. The van der Waals surface area contributed by atoms with Crippen molar-refractivity contribution < 1.29 is 4.79 Å². The topological polar surface area (TPSA) is 50.2 Å². The molecule has 1 aliphatic rings. The van der Waals surface area contributed by atoms with Crippen molar-refractivity contribution in [3.8, 4) is 0 Å². The predicted molar refractivity (Wildman–Crippen MR) is 103 cm³/mol. The lowest BCUT2D eigenvalue weighted by atomic mass is 10.0. The first-order chi connectivity index (χ1) is 12.6. The van der Waals surface area contributed by atoms with Gasteiger partial charge >= 0.3 is 6.03 Å². The number of hydrogen-bond donors (Lipinski definition) is 1. The standard InChI is InChI=1S/C19H16Cl2N4O/c20-15-6-5-14(11-16(15)21)23-19(26)25-10-9-24-8-2-4-17(24)18(25)13-3-1-7-22-12-13/h1-8,11-12,18H,9-10H2,(H,23,26). The molecule has 2 amide bonds. The van der Waals surface area contributed by atoms with Crippen molar-refractivity contribution in [3.63, 3.8) is 0 Å². The molecule has 4 rings (SSSR count). The molecule has 1 unspecified atom stereocenters. The highest BCUT2D eigenvalue weighted by molar-refractivity contribution is 6.42. The molecule has 0 aliphatic carbocycles. The Morgan fingerprint density at radius 1 is 1.12 bits per heavy atom. The second kappa shape index (κ2) is 7.02. The molecule has 1 aliphatic heterocycles. The van der Waals surface area contributed by atoms with Crippen LogP contribution in [-0.4, -0.2) is 27.0 Å². The highest BCUT2D eigenvalue weighted by atomic mass is 35.5. The minimum Gasteiger partial charge on any atom is -0.348 e. The van der Waals surface area contributed by atoms with Crippen molar-refractivity contribution in [1.82, 2.24) is 14.5 Å². The van der Waals surface area contributed by atoms with Gasteiger partial charge in [-0.25, -0.2) is 4.79 Å². The largest absolute Gasteiger partial charge is 0.348 e. The monoisotopic (exact) mass is 386 g/mol. The van der Waals surface area contributed by atoms with Gasteiger partial charge in [0, 0.05) is 43.1 Å². The Balaban J connectivity index is 1.65. The first-order valence-corrected chi connectivity index (χ1v) is 8.97. The van der Waals surface area contributed by atoms with Gasteiger partial charge in [-0.3, -0.25) is 4.98 Å². The van der Waals surface area contributed by atoms with Crippen molar-refractivity contribution in [2.45, 2.75) is 12.6 Å². The molecule has 0 bridgehead atoms. The predicted octanol–water partition coefficient (Wildman–Crippen LogP) is 4.83. The van der Waals surface area contributed by atoms with Gasteiger partial charge in [0.1, 0.15) is 6.04 Å². The number of urea groups is 1. The van der Waals surface area contributed by atoms with Crippen molar-refractivity contribution in [1.29, 1.82) is 0 Å². The Bertz CT molecular complexity index is 942. The maximum atomic E-state index is 13.0. The molecule has 2 aromatic heterocycles. The van der Waals surface area contributed by atoms with E-state index >= 15 is 0 Å². The Morgan fingerprint density at radius 3 is 2.77 bits per heavy atom. The molecule has 5 nitrogen and oxygen atoms in total. The zero-order valence-corrected chi connectivity index (χ0v) is 15.3. The van der Waals surface area contributed by atoms with Crippen molar-refractivity contribution in [3.05, 3.63) is 82.4 Å². The Kier molecular flexibility index (Phi) is 4.57. The van der Waals surface area contributed by atoms with E-state index in [1.165, 1.54) is 0 Å². The average molecular weight is 387 g/mol. The van der Waals surface area contributed by atoms with Gasteiger partial charge in [-0.05, 0) is 42.0 Å². The molecule has 0 spiro atoms. The first kappa shape index (κ1) is 16.9. The second-order valence-corrected chi connectivity index (χ2v) is 6.88. The zero-order chi connectivity index (χ0) is 18.1. The van der Waals surface area contributed by atoms with E-state index in [4.69, 9.17) is 23.2 Å². The number of carbonyl (C=O) groups is 1. The Morgan fingerprint density at radius 2 is 2.00 bits per heavy atom. The van der Waals surface area contributed by atoms with Gasteiger partial charge in [0.25, 0.3) is 0 Å². The quantitative estimate of drug-likeness (QED) is 0.685. The summed E-state index contributed by atoms with van der Waals surface area (Å²) in [5.41, 5.74) is 2.64. The number of nitrogens with zero attached hydrogens (tertiary/aromatic N) is 3. The number of pyridine rings is 1. The van der Waals surface area contributed by atoms with Crippen molar-refractivity contribution in [2.75, 3.05) is 11.9 Å². The van der Waals surface area contributed by atoms with E-state index in [-0.39, 0.29) is 12.1 Å². The van der Waals surface area contributed by atoms with Crippen molar-refractivity contribution >= 4 is 34.9 Å². The van der Waals surface area contributed by atoms with E-state index in [1.54, 1.807) is 30.6 Å². The molecule has 1 N–H and O–H groups in total. The van der Waals surface area contributed by atoms with E-state index < -0.39 is 0 Å². The summed E-state index contributed by atoms with van der Waals surface area (Å²) < 4.78 is 2.17. The molecule has 0 saturated heterocycles. The van der Waals surface area contributed by atoms with Gasteiger partial charge in [-0.2, -0.15) is 0 Å². The third-order valence-corrected chi connectivity index (χ3v) is 5.21. The van der Waals surface area contributed by atoms with Crippen LogP contribution in [0.4, 0.5) is 10.5 Å². The summed E-state index contributed by atoms with van der Waals surface area (Å²) >= 11 is 12.0. The van der Waals surface area contributed by atoms with Crippen molar-refractivity contribution in [2.24, 2.45) is 0 Å². The lowest BCUT2D eigenvalue weighted by molar-refractivity contribution is 0.181. The maximum absolute atomic E-state index is 13.0. The van der Waals surface area contributed by atoms with Crippen LogP contribution in [0.5, 0.6) is 0 Å². The molecule has 0 radical (unpaired) electrons. The van der Waals surface area contributed by atoms with Crippen LogP contribution in [0.15, 0.2) is 61.1 Å². The number of hydrogen-bond acceptors (Lipinski definition) is 2.